The number of nitrogens with zero attached hydrogens (tertiary/aromatic N) is 2. The van der Waals surface area contributed by atoms with Crippen molar-refractivity contribution in [1.29, 1.82) is 0 Å². The van der Waals surface area contributed by atoms with Crippen LogP contribution in [0.4, 0.5) is 0 Å². The second-order valence-corrected chi connectivity index (χ2v) is 7.71. The van der Waals surface area contributed by atoms with Crippen molar-refractivity contribution < 1.29 is 18.3 Å². The summed E-state index contributed by atoms with van der Waals surface area (Å²) in [5, 5.41) is 13.4. The molecular weight excluding hydrogens is 368 g/mol. The highest BCUT2D eigenvalue weighted by Gasteiger charge is 2.22. The number of halogens is 1. The van der Waals surface area contributed by atoms with Crippen LogP contribution in [0.2, 0.25) is 5.02 Å². The first-order valence-electron chi connectivity index (χ1n) is 6.95. The van der Waals surface area contributed by atoms with Crippen LogP contribution in [0.5, 0.6) is 0 Å². The maximum atomic E-state index is 12.5. The Hall–Kier alpha value is -2.71. The molecule has 9 heteroatoms. The zero-order chi connectivity index (χ0) is 18.4. The molecule has 3 aromatic rings. The van der Waals surface area contributed by atoms with Crippen LogP contribution in [0.25, 0.3) is 16.6 Å². The molecule has 0 atom stereocenters. The average molecular weight is 379 g/mol. The average Bonchev–Trinajstić information content (AvgIpc) is 2.54. The predicted octanol–water partition coefficient (Wildman–Crippen LogP) is 2.14. The van der Waals surface area contributed by atoms with Gasteiger partial charge in [-0.1, -0.05) is 17.7 Å². The number of hydrogen-bond acceptors (Lipinski definition) is 5. The Morgan fingerprint density at radius 2 is 1.80 bits per heavy atom. The van der Waals surface area contributed by atoms with Gasteiger partial charge in [-0.05, 0) is 36.4 Å². The van der Waals surface area contributed by atoms with E-state index in [1.165, 1.54) is 22.9 Å². The number of benzene rings is 2. The zero-order valence-electron chi connectivity index (χ0n) is 12.8. The predicted molar refractivity (Wildman–Crippen MR) is 92.4 cm³/mol. The number of fused-ring (bicyclic) bond motifs is 1. The number of sulfone groups is 1. The fourth-order valence-corrected chi connectivity index (χ4v) is 3.49. The van der Waals surface area contributed by atoms with Crippen LogP contribution in [0.3, 0.4) is 0 Å². The quantitative estimate of drug-likeness (QED) is 0.748. The summed E-state index contributed by atoms with van der Waals surface area (Å²) < 4.78 is 25.3. The van der Waals surface area contributed by atoms with E-state index in [1.807, 2.05) is 0 Å². The first-order valence-corrected chi connectivity index (χ1v) is 9.22. The van der Waals surface area contributed by atoms with Crippen molar-refractivity contribution in [2.75, 3.05) is 6.26 Å². The van der Waals surface area contributed by atoms with Gasteiger partial charge < -0.3 is 5.11 Å². The van der Waals surface area contributed by atoms with Crippen LogP contribution in [0, 0.1) is 0 Å². The highest BCUT2D eigenvalue weighted by Crippen LogP contribution is 2.23. The van der Waals surface area contributed by atoms with Gasteiger partial charge in [0, 0.05) is 11.3 Å². The molecule has 1 N–H and O–H groups in total. The van der Waals surface area contributed by atoms with Crippen molar-refractivity contribution in [2.45, 2.75) is 4.90 Å². The summed E-state index contributed by atoms with van der Waals surface area (Å²) in [7, 11) is -3.76. The largest absolute Gasteiger partial charge is 0.476 e. The lowest BCUT2D eigenvalue weighted by atomic mass is 10.2. The molecule has 0 spiro atoms. The number of aromatic nitrogens is 2. The molecule has 0 unspecified atom stereocenters. The van der Waals surface area contributed by atoms with Gasteiger partial charge in [0.15, 0.2) is 9.84 Å². The number of rotatable bonds is 3. The summed E-state index contributed by atoms with van der Waals surface area (Å²) in [6.07, 6.45) is 0.953. The molecule has 0 aliphatic carbocycles. The lowest BCUT2D eigenvalue weighted by Gasteiger charge is -2.13. The molecule has 0 radical (unpaired) electrons. The third kappa shape index (κ3) is 3.01. The van der Waals surface area contributed by atoms with Gasteiger partial charge in [0.25, 0.3) is 0 Å². The number of aromatic carboxylic acids is 1. The highest BCUT2D eigenvalue weighted by atomic mass is 35.5. The topological polar surface area (TPSA) is 106 Å². The van der Waals surface area contributed by atoms with E-state index in [0.29, 0.717) is 10.7 Å². The molecule has 0 amide bonds. The van der Waals surface area contributed by atoms with Crippen molar-refractivity contribution in [1.82, 2.24) is 9.78 Å². The van der Waals surface area contributed by atoms with Crippen LogP contribution < -0.4 is 5.43 Å². The Bertz CT molecular complexity index is 1170. The standard InChI is InChI=1S/C16H11ClN2O5S/c1-25(23,24)12-4-2-3-11-13(12)15(20)14(16(21)22)18-19(11)10-7-5-9(17)6-8-10/h2-8H,1H3,(H,21,22). The molecule has 2 aromatic carbocycles. The van der Waals surface area contributed by atoms with Gasteiger partial charge >= 0.3 is 5.97 Å². The second-order valence-electron chi connectivity index (χ2n) is 5.29. The Balaban J connectivity index is 2.54. The summed E-state index contributed by atoms with van der Waals surface area (Å²) in [5.74, 6) is -1.54. The van der Waals surface area contributed by atoms with Crippen molar-refractivity contribution >= 4 is 38.3 Å². The van der Waals surface area contributed by atoms with E-state index in [2.05, 4.69) is 5.10 Å². The van der Waals surface area contributed by atoms with Crippen molar-refractivity contribution in [3.05, 3.63) is 63.4 Å². The van der Waals surface area contributed by atoms with E-state index in [1.54, 1.807) is 24.3 Å². The van der Waals surface area contributed by atoms with Gasteiger partial charge in [-0.25, -0.2) is 17.9 Å². The Labute approximate surface area is 147 Å². The lowest BCUT2D eigenvalue weighted by Crippen LogP contribution is -2.23. The maximum Gasteiger partial charge on any atom is 0.360 e. The minimum absolute atomic E-state index is 0.181. The molecule has 1 heterocycles. The third-order valence-electron chi connectivity index (χ3n) is 3.55. The van der Waals surface area contributed by atoms with E-state index in [4.69, 9.17) is 11.6 Å². The molecule has 3 rings (SSSR count). The summed E-state index contributed by atoms with van der Waals surface area (Å²) in [6.45, 7) is 0. The fraction of sp³-hybridized carbons (Fsp3) is 0.0625. The fourth-order valence-electron chi connectivity index (χ4n) is 2.47. The molecule has 128 valence electrons. The summed E-state index contributed by atoms with van der Waals surface area (Å²) >= 11 is 5.86. The number of carboxylic acids is 1. The van der Waals surface area contributed by atoms with Crippen LogP contribution in [0.1, 0.15) is 10.5 Å². The minimum atomic E-state index is -3.76. The van der Waals surface area contributed by atoms with Crippen LogP contribution >= 0.6 is 11.6 Å². The van der Waals surface area contributed by atoms with Crippen molar-refractivity contribution in [2.24, 2.45) is 0 Å². The monoisotopic (exact) mass is 378 g/mol. The third-order valence-corrected chi connectivity index (χ3v) is 4.94. The summed E-state index contributed by atoms with van der Waals surface area (Å²) in [4.78, 5) is 23.7. The van der Waals surface area contributed by atoms with Crippen LogP contribution in [-0.2, 0) is 9.84 Å². The Morgan fingerprint density at radius 3 is 2.36 bits per heavy atom. The van der Waals surface area contributed by atoms with E-state index in [9.17, 15) is 23.1 Å². The number of carbonyl (C=O) groups is 1. The van der Waals surface area contributed by atoms with E-state index in [-0.39, 0.29) is 15.8 Å². The molecular formula is C16H11ClN2O5S. The lowest BCUT2D eigenvalue weighted by molar-refractivity contribution is 0.0687. The van der Waals surface area contributed by atoms with E-state index >= 15 is 0 Å². The minimum Gasteiger partial charge on any atom is -0.476 e. The van der Waals surface area contributed by atoms with Gasteiger partial charge in [-0.15, -0.1) is 0 Å². The molecule has 0 bridgehead atoms. The van der Waals surface area contributed by atoms with Gasteiger partial charge in [-0.2, -0.15) is 5.10 Å². The number of hydrogen-bond donors (Lipinski definition) is 1. The van der Waals surface area contributed by atoms with Crippen LogP contribution in [-0.4, -0.2) is 35.5 Å². The smallest absolute Gasteiger partial charge is 0.360 e. The van der Waals surface area contributed by atoms with Gasteiger partial charge in [-0.3, -0.25) is 4.79 Å². The van der Waals surface area contributed by atoms with Gasteiger partial charge in [0.2, 0.25) is 11.1 Å². The molecule has 7 nitrogen and oxygen atoms in total. The second kappa shape index (κ2) is 5.98. The molecule has 0 saturated carbocycles. The SMILES string of the molecule is CS(=O)(=O)c1cccc2c1c(=O)c(C(=O)O)nn2-c1ccc(Cl)cc1. The molecule has 0 aliphatic rings. The number of carboxylic acid groups (broad SMARTS) is 1. The Morgan fingerprint density at radius 1 is 1.16 bits per heavy atom. The van der Waals surface area contributed by atoms with Crippen molar-refractivity contribution in [3.8, 4) is 5.69 Å². The van der Waals surface area contributed by atoms with Gasteiger partial charge in [0.05, 0.1) is 21.5 Å². The molecule has 25 heavy (non-hydrogen) atoms. The van der Waals surface area contributed by atoms with Gasteiger partial charge in [0.1, 0.15) is 0 Å². The summed E-state index contributed by atoms with van der Waals surface area (Å²) in [6, 6.07) is 10.5. The normalized spacial score (nSPS) is 11.6. The Kier molecular flexibility index (Phi) is 4.09. The van der Waals surface area contributed by atoms with E-state index < -0.39 is 26.9 Å². The van der Waals surface area contributed by atoms with E-state index in [0.717, 1.165) is 6.26 Å². The molecule has 1 aromatic heterocycles. The first kappa shape index (κ1) is 17.1. The van der Waals surface area contributed by atoms with Crippen LogP contribution in [0.15, 0.2) is 52.2 Å². The van der Waals surface area contributed by atoms with Crippen molar-refractivity contribution in [3.63, 3.8) is 0 Å². The summed E-state index contributed by atoms with van der Waals surface area (Å²) in [5.41, 5.74) is -1.10. The highest BCUT2D eigenvalue weighted by molar-refractivity contribution is 7.91. The maximum absolute atomic E-state index is 12.5. The molecule has 0 aliphatic heterocycles. The molecule has 0 fully saturated rings. The zero-order valence-corrected chi connectivity index (χ0v) is 14.4. The molecule has 0 saturated heterocycles. The first-order chi connectivity index (χ1) is 11.7.